The molecule has 0 atom stereocenters. The molecule has 0 amide bonds. The van der Waals surface area contributed by atoms with Gasteiger partial charge in [-0.05, 0) is 26.0 Å². The predicted octanol–water partition coefficient (Wildman–Crippen LogP) is 2.69. The number of nitro benzene ring substituents is 1. The van der Waals surface area contributed by atoms with Crippen LogP contribution >= 0.6 is 15.9 Å². The maximum Gasteiger partial charge on any atom is 0.273 e. The summed E-state index contributed by atoms with van der Waals surface area (Å²) in [7, 11) is 0. The second-order valence-corrected chi connectivity index (χ2v) is 4.38. The Morgan fingerprint density at radius 3 is 2.67 bits per heavy atom. The van der Waals surface area contributed by atoms with Gasteiger partial charge in [0.2, 0.25) is 0 Å². The van der Waals surface area contributed by atoms with Gasteiger partial charge in [-0.1, -0.05) is 15.9 Å². The topological polar surface area (TPSA) is 73.8 Å². The van der Waals surface area contributed by atoms with Crippen LogP contribution in [0.25, 0.3) is 5.69 Å². The molecule has 6 nitrogen and oxygen atoms in total. The van der Waals surface area contributed by atoms with Crippen LogP contribution in [-0.2, 0) is 5.33 Å². The van der Waals surface area contributed by atoms with Crippen LogP contribution in [0, 0.1) is 24.0 Å². The molecule has 2 aromatic rings. The van der Waals surface area contributed by atoms with E-state index in [4.69, 9.17) is 0 Å². The average Bonchev–Trinajstić information content (AvgIpc) is 2.67. The number of halogens is 1. The molecule has 0 spiro atoms. The molecule has 1 aromatic heterocycles. The van der Waals surface area contributed by atoms with E-state index in [0.717, 1.165) is 11.5 Å². The Hall–Kier alpha value is -1.76. The number of alkyl halides is 1. The van der Waals surface area contributed by atoms with Crippen LogP contribution in [0.3, 0.4) is 0 Å². The largest absolute Gasteiger partial charge is 0.273 e. The zero-order valence-electron chi connectivity index (χ0n) is 9.92. The third-order valence-corrected chi connectivity index (χ3v) is 3.13. The molecule has 0 bridgehead atoms. The molecule has 7 heteroatoms. The Balaban J connectivity index is 2.54. The molecule has 0 aliphatic carbocycles. The van der Waals surface area contributed by atoms with Crippen molar-refractivity contribution in [1.82, 2.24) is 14.8 Å². The number of aromatic nitrogens is 3. The molecule has 94 valence electrons. The first-order valence-electron chi connectivity index (χ1n) is 5.27. The number of hydrogen-bond donors (Lipinski definition) is 0. The number of nitrogens with zero attached hydrogens (tertiary/aromatic N) is 4. The van der Waals surface area contributed by atoms with Crippen molar-refractivity contribution >= 4 is 21.6 Å². The smallest absolute Gasteiger partial charge is 0.258 e. The highest BCUT2D eigenvalue weighted by Gasteiger charge is 2.15. The van der Waals surface area contributed by atoms with E-state index in [-0.39, 0.29) is 10.6 Å². The van der Waals surface area contributed by atoms with Gasteiger partial charge in [0.15, 0.2) is 0 Å². The second kappa shape index (κ2) is 4.85. The van der Waals surface area contributed by atoms with Gasteiger partial charge in [0.1, 0.15) is 11.6 Å². The second-order valence-electron chi connectivity index (χ2n) is 3.82. The zero-order valence-corrected chi connectivity index (χ0v) is 11.5. The molecule has 18 heavy (non-hydrogen) atoms. The fourth-order valence-electron chi connectivity index (χ4n) is 1.75. The van der Waals surface area contributed by atoms with Crippen LogP contribution < -0.4 is 0 Å². The summed E-state index contributed by atoms with van der Waals surface area (Å²) < 4.78 is 1.67. The van der Waals surface area contributed by atoms with Crippen LogP contribution in [0.15, 0.2) is 18.2 Å². The zero-order chi connectivity index (χ0) is 13.3. The third-order valence-electron chi connectivity index (χ3n) is 2.52. The van der Waals surface area contributed by atoms with E-state index in [1.54, 1.807) is 23.7 Å². The maximum atomic E-state index is 10.8. The summed E-state index contributed by atoms with van der Waals surface area (Å²) >= 11 is 3.26. The van der Waals surface area contributed by atoms with Gasteiger partial charge in [-0.2, -0.15) is 5.10 Å². The Kier molecular flexibility index (Phi) is 3.42. The molecule has 1 aromatic carbocycles. The van der Waals surface area contributed by atoms with Crippen molar-refractivity contribution in [3.63, 3.8) is 0 Å². The van der Waals surface area contributed by atoms with Gasteiger partial charge in [0, 0.05) is 17.0 Å². The van der Waals surface area contributed by atoms with E-state index in [2.05, 4.69) is 26.0 Å². The molecule has 1 heterocycles. The van der Waals surface area contributed by atoms with E-state index in [9.17, 15) is 10.1 Å². The number of benzene rings is 1. The van der Waals surface area contributed by atoms with E-state index < -0.39 is 0 Å². The number of aryl methyl sites for hydroxylation is 2. The highest BCUT2D eigenvalue weighted by Crippen LogP contribution is 2.24. The molecule has 0 saturated heterocycles. The van der Waals surface area contributed by atoms with Crippen molar-refractivity contribution in [1.29, 1.82) is 0 Å². The van der Waals surface area contributed by atoms with Gasteiger partial charge < -0.3 is 0 Å². The van der Waals surface area contributed by atoms with Gasteiger partial charge in [-0.25, -0.2) is 9.67 Å². The highest BCUT2D eigenvalue weighted by atomic mass is 79.9. The lowest BCUT2D eigenvalue weighted by Crippen LogP contribution is -2.02. The van der Waals surface area contributed by atoms with Crippen LogP contribution in [0.1, 0.15) is 17.2 Å². The molecule has 0 fully saturated rings. The number of rotatable bonds is 3. The van der Waals surface area contributed by atoms with Crippen molar-refractivity contribution in [3.05, 3.63) is 45.5 Å². The molecule has 0 aliphatic heterocycles. The first kappa shape index (κ1) is 12.7. The summed E-state index contributed by atoms with van der Waals surface area (Å²) in [4.78, 5) is 14.7. The molecular weight excluding hydrogens is 300 g/mol. The summed E-state index contributed by atoms with van der Waals surface area (Å²) in [6.45, 7) is 3.65. The molecule has 0 N–H and O–H groups in total. The fraction of sp³-hybridized carbons (Fsp3) is 0.273. The van der Waals surface area contributed by atoms with Crippen LogP contribution in [0.5, 0.6) is 0 Å². The summed E-state index contributed by atoms with van der Waals surface area (Å²) in [6.07, 6.45) is 0. The normalized spacial score (nSPS) is 10.6. The van der Waals surface area contributed by atoms with Crippen molar-refractivity contribution in [2.75, 3.05) is 0 Å². The van der Waals surface area contributed by atoms with Gasteiger partial charge in [-0.3, -0.25) is 10.1 Å². The van der Waals surface area contributed by atoms with E-state index in [1.807, 2.05) is 6.92 Å². The number of nitro groups is 1. The van der Waals surface area contributed by atoms with E-state index in [0.29, 0.717) is 16.7 Å². The monoisotopic (exact) mass is 310 g/mol. The average molecular weight is 311 g/mol. The molecule has 0 saturated carbocycles. The molecule has 2 rings (SSSR count). The van der Waals surface area contributed by atoms with Gasteiger partial charge in [-0.15, -0.1) is 0 Å². The van der Waals surface area contributed by atoms with Crippen LogP contribution in [0.2, 0.25) is 0 Å². The quantitative estimate of drug-likeness (QED) is 0.496. The summed E-state index contributed by atoms with van der Waals surface area (Å²) in [5, 5.41) is 15.5. The van der Waals surface area contributed by atoms with Crippen molar-refractivity contribution in [2.24, 2.45) is 0 Å². The van der Waals surface area contributed by atoms with Gasteiger partial charge >= 0.3 is 0 Å². The fourth-order valence-corrected chi connectivity index (χ4v) is 2.20. The van der Waals surface area contributed by atoms with Gasteiger partial charge in [0.05, 0.1) is 10.6 Å². The molecule has 0 aliphatic rings. The Morgan fingerprint density at radius 2 is 2.17 bits per heavy atom. The Labute approximate surface area is 112 Å². The maximum absolute atomic E-state index is 10.8. The minimum Gasteiger partial charge on any atom is -0.258 e. The lowest BCUT2D eigenvalue weighted by Gasteiger charge is -2.05. The highest BCUT2D eigenvalue weighted by molar-refractivity contribution is 9.08. The van der Waals surface area contributed by atoms with Crippen LogP contribution in [-0.4, -0.2) is 19.7 Å². The molecule has 0 unspecified atom stereocenters. The first-order chi connectivity index (χ1) is 8.52. The summed E-state index contributed by atoms with van der Waals surface area (Å²) in [5.74, 6) is 1.42. The summed E-state index contributed by atoms with van der Waals surface area (Å²) in [6, 6.07) is 4.90. The lowest BCUT2D eigenvalue weighted by atomic mass is 10.2. The minimum atomic E-state index is -0.389. The van der Waals surface area contributed by atoms with Gasteiger partial charge in [0.25, 0.3) is 5.69 Å². The van der Waals surface area contributed by atoms with Crippen molar-refractivity contribution in [3.8, 4) is 5.69 Å². The minimum absolute atomic E-state index is 0.102. The SMILES string of the molecule is Cc1nc(C)n(-c2ccc([N+](=O)[O-])c(CBr)c2)n1. The van der Waals surface area contributed by atoms with Crippen molar-refractivity contribution in [2.45, 2.75) is 19.2 Å². The van der Waals surface area contributed by atoms with E-state index >= 15 is 0 Å². The van der Waals surface area contributed by atoms with Crippen molar-refractivity contribution < 1.29 is 4.92 Å². The third kappa shape index (κ3) is 2.26. The molecule has 0 radical (unpaired) electrons. The molecular formula is C11H11BrN4O2. The Bertz CT molecular complexity index is 609. The van der Waals surface area contributed by atoms with Crippen LogP contribution in [0.4, 0.5) is 5.69 Å². The standard InChI is InChI=1S/C11H11BrN4O2/c1-7-13-8(2)15(14-7)10-3-4-11(16(17)18)9(5-10)6-12/h3-5H,6H2,1-2H3. The lowest BCUT2D eigenvalue weighted by molar-refractivity contribution is -0.385. The number of hydrogen-bond acceptors (Lipinski definition) is 4. The summed E-state index contributed by atoms with van der Waals surface area (Å²) in [5.41, 5.74) is 1.49. The predicted molar refractivity (Wildman–Crippen MR) is 70.1 cm³/mol. The van der Waals surface area contributed by atoms with E-state index in [1.165, 1.54) is 6.07 Å². The Morgan fingerprint density at radius 1 is 1.44 bits per heavy atom. The first-order valence-corrected chi connectivity index (χ1v) is 6.39.